The normalized spacial score (nSPS) is 28.4. The third-order valence-electron chi connectivity index (χ3n) is 3.33. The first-order valence-corrected chi connectivity index (χ1v) is 5.75. The minimum Gasteiger partial charge on any atom is -0.337 e. The minimum absolute atomic E-state index is 0.606. The quantitative estimate of drug-likeness (QED) is 0.753. The van der Waals surface area contributed by atoms with Crippen LogP contribution in [0.4, 0.5) is 0 Å². The summed E-state index contributed by atoms with van der Waals surface area (Å²) in [7, 11) is 0. The Morgan fingerprint density at radius 3 is 2.79 bits per heavy atom. The van der Waals surface area contributed by atoms with Gasteiger partial charge in [-0.25, -0.2) is 0 Å². The third-order valence-corrected chi connectivity index (χ3v) is 3.66. The van der Waals surface area contributed by atoms with Gasteiger partial charge in [0.05, 0.1) is 0 Å². The summed E-state index contributed by atoms with van der Waals surface area (Å²) in [5.41, 5.74) is 0. The van der Waals surface area contributed by atoms with E-state index in [-0.39, 0.29) is 0 Å². The van der Waals surface area contributed by atoms with E-state index in [2.05, 4.69) is 20.6 Å². The number of rotatable bonds is 2. The van der Waals surface area contributed by atoms with E-state index in [0.717, 1.165) is 10.8 Å². The molecule has 1 atom stereocenters. The van der Waals surface area contributed by atoms with Gasteiger partial charge in [-0.05, 0) is 31.5 Å². The fourth-order valence-electron chi connectivity index (χ4n) is 2.39. The molecule has 0 radical (unpaired) electrons. The molecule has 14 heavy (non-hydrogen) atoms. The van der Waals surface area contributed by atoms with Crippen molar-refractivity contribution in [1.29, 1.82) is 0 Å². The van der Waals surface area contributed by atoms with Crippen molar-refractivity contribution in [2.24, 2.45) is 0 Å². The predicted octanol–water partition coefficient (Wildman–Crippen LogP) is 1.95. The monoisotopic (exact) mass is 209 g/mol. The topological polar surface area (TPSA) is 24.0 Å². The van der Waals surface area contributed by atoms with E-state index in [1.165, 1.54) is 32.4 Å². The Morgan fingerprint density at radius 1 is 1.29 bits per heavy atom. The van der Waals surface area contributed by atoms with Gasteiger partial charge in [0.25, 0.3) is 0 Å². The average molecular weight is 209 g/mol. The largest absolute Gasteiger partial charge is 0.337 e. The number of H-pyrrole nitrogens is 1. The van der Waals surface area contributed by atoms with Crippen molar-refractivity contribution in [2.75, 3.05) is 13.1 Å². The Bertz CT molecular complexity index is 377. The zero-order chi connectivity index (χ0) is 9.54. The molecular weight excluding hydrogens is 194 g/mol. The van der Waals surface area contributed by atoms with Gasteiger partial charge in [0.15, 0.2) is 4.77 Å². The highest BCUT2D eigenvalue weighted by Gasteiger charge is 2.34. The summed E-state index contributed by atoms with van der Waals surface area (Å²) in [4.78, 5) is 5.68. The Hall–Kier alpha value is -0.610. The maximum Gasteiger partial charge on any atom is 0.177 e. The second-order valence-corrected chi connectivity index (χ2v) is 4.73. The van der Waals surface area contributed by atoms with Crippen LogP contribution in [0.3, 0.4) is 0 Å². The molecule has 0 bridgehead atoms. The Balaban J connectivity index is 1.75. The van der Waals surface area contributed by atoms with Gasteiger partial charge in [-0.1, -0.05) is 0 Å². The van der Waals surface area contributed by atoms with E-state index < -0.39 is 0 Å². The fraction of sp³-hybridized carbons (Fsp3) is 0.700. The van der Waals surface area contributed by atoms with Crippen LogP contribution in [0.1, 0.15) is 25.3 Å². The van der Waals surface area contributed by atoms with Crippen LogP contribution < -0.4 is 0 Å². The Kier molecular flexibility index (Phi) is 1.99. The first kappa shape index (κ1) is 8.68. The van der Waals surface area contributed by atoms with E-state index in [1.54, 1.807) is 0 Å². The van der Waals surface area contributed by atoms with Crippen molar-refractivity contribution < 1.29 is 0 Å². The molecule has 2 aliphatic rings. The molecule has 3 rings (SSSR count). The summed E-state index contributed by atoms with van der Waals surface area (Å²) in [6.07, 6.45) is 8.07. The number of aromatic nitrogens is 2. The van der Waals surface area contributed by atoms with Crippen LogP contribution in [-0.4, -0.2) is 33.6 Å². The van der Waals surface area contributed by atoms with Gasteiger partial charge in [0.2, 0.25) is 0 Å². The number of nitrogens with one attached hydrogen (secondary N) is 1. The summed E-state index contributed by atoms with van der Waals surface area (Å²) in [6, 6.07) is 1.50. The van der Waals surface area contributed by atoms with E-state index in [0.29, 0.717) is 6.04 Å². The zero-order valence-electron chi connectivity index (χ0n) is 8.15. The number of nitrogens with zero attached hydrogens (tertiary/aromatic N) is 2. The first-order valence-electron chi connectivity index (χ1n) is 5.34. The lowest BCUT2D eigenvalue weighted by molar-refractivity contribution is 0.313. The van der Waals surface area contributed by atoms with Crippen molar-refractivity contribution in [3.63, 3.8) is 0 Å². The van der Waals surface area contributed by atoms with E-state index >= 15 is 0 Å². The third kappa shape index (κ3) is 1.42. The SMILES string of the molecule is S=c1[nH]ccn1C1CCN(C2CC2)C1. The van der Waals surface area contributed by atoms with Crippen molar-refractivity contribution in [3.8, 4) is 0 Å². The average Bonchev–Trinajstić information content (AvgIpc) is 2.75. The summed E-state index contributed by atoms with van der Waals surface area (Å²) in [5, 5.41) is 0. The molecule has 0 amide bonds. The van der Waals surface area contributed by atoms with Crippen molar-refractivity contribution in [1.82, 2.24) is 14.5 Å². The highest BCUT2D eigenvalue weighted by Crippen LogP contribution is 2.33. The van der Waals surface area contributed by atoms with Crippen molar-refractivity contribution in [2.45, 2.75) is 31.3 Å². The molecule has 1 aliphatic carbocycles. The summed E-state index contributed by atoms with van der Waals surface area (Å²) >= 11 is 5.23. The second-order valence-electron chi connectivity index (χ2n) is 4.34. The Labute approximate surface area is 88.7 Å². The van der Waals surface area contributed by atoms with Gasteiger partial charge in [0.1, 0.15) is 0 Å². The first-order chi connectivity index (χ1) is 6.84. The van der Waals surface area contributed by atoms with E-state index in [4.69, 9.17) is 12.2 Å². The van der Waals surface area contributed by atoms with Crippen LogP contribution in [0.15, 0.2) is 12.4 Å². The van der Waals surface area contributed by atoms with Gasteiger partial charge in [-0.2, -0.15) is 0 Å². The molecule has 0 spiro atoms. The molecule has 1 unspecified atom stereocenters. The van der Waals surface area contributed by atoms with Crippen molar-refractivity contribution >= 4 is 12.2 Å². The lowest BCUT2D eigenvalue weighted by atomic mass is 10.3. The maximum atomic E-state index is 5.23. The minimum atomic E-state index is 0.606. The highest BCUT2D eigenvalue weighted by atomic mass is 32.1. The molecule has 2 heterocycles. The molecule has 1 aromatic heterocycles. The molecule has 3 nitrogen and oxygen atoms in total. The van der Waals surface area contributed by atoms with E-state index in [9.17, 15) is 0 Å². The molecule has 1 saturated heterocycles. The number of aromatic amines is 1. The molecule has 76 valence electrons. The van der Waals surface area contributed by atoms with Gasteiger partial charge >= 0.3 is 0 Å². The standard InChI is InChI=1S/C10H15N3S/c14-10-11-4-6-13(10)9-3-5-12(7-9)8-1-2-8/h4,6,8-9H,1-3,5,7H2,(H,11,14). The number of hydrogen-bond acceptors (Lipinski definition) is 2. The smallest absolute Gasteiger partial charge is 0.177 e. The molecule has 1 saturated carbocycles. The van der Waals surface area contributed by atoms with Gasteiger partial charge in [0, 0.05) is 37.6 Å². The molecule has 4 heteroatoms. The van der Waals surface area contributed by atoms with Gasteiger partial charge in [-0.3, -0.25) is 4.90 Å². The highest BCUT2D eigenvalue weighted by molar-refractivity contribution is 7.71. The van der Waals surface area contributed by atoms with Crippen LogP contribution in [0.2, 0.25) is 0 Å². The van der Waals surface area contributed by atoms with Crippen LogP contribution in [-0.2, 0) is 0 Å². The van der Waals surface area contributed by atoms with Crippen molar-refractivity contribution in [3.05, 3.63) is 17.2 Å². The molecule has 1 aliphatic heterocycles. The van der Waals surface area contributed by atoms with Gasteiger partial charge in [-0.15, -0.1) is 0 Å². The number of likely N-dealkylation sites (tertiary alicyclic amines) is 1. The van der Waals surface area contributed by atoms with E-state index in [1.807, 2.05) is 6.20 Å². The van der Waals surface area contributed by atoms with Gasteiger partial charge < -0.3 is 9.55 Å². The molecule has 1 N–H and O–H groups in total. The molecule has 2 fully saturated rings. The number of imidazole rings is 1. The molecule has 0 aromatic carbocycles. The number of hydrogen-bond donors (Lipinski definition) is 1. The summed E-state index contributed by atoms with van der Waals surface area (Å²) in [5.74, 6) is 0. The fourth-order valence-corrected chi connectivity index (χ4v) is 2.66. The summed E-state index contributed by atoms with van der Waals surface area (Å²) < 4.78 is 3.07. The molecular formula is C10H15N3S. The zero-order valence-corrected chi connectivity index (χ0v) is 8.96. The van der Waals surface area contributed by atoms with Crippen LogP contribution >= 0.6 is 12.2 Å². The van der Waals surface area contributed by atoms with Crippen LogP contribution in [0, 0.1) is 4.77 Å². The maximum absolute atomic E-state index is 5.23. The lowest BCUT2D eigenvalue weighted by Gasteiger charge is -2.15. The molecule has 1 aromatic rings. The van der Waals surface area contributed by atoms with Crippen LogP contribution in [0.25, 0.3) is 0 Å². The summed E-state index contributed by atoms with van der Waals surface area (Å²) in [6.45, 7) is 2.44. The lowest BCUT2D eigenvalue weighted by Crippen LogP contribution is -2.23. The second kappa shape index (κ2) is 3.21. The predicted molar refractivity (Wildman–Crippen MR) is 57.9 cm³/mol. The Morgan fingerprint density at radius 2 is 2.14 bits per heavy atom. The van der Waals surface area contributed by atoms with Crippen LogP contribution in [0.5, 0.6) is 0 Å².